The molecule has 1 aliphatic carbocycles. The fourth-order valence-electron chi connectivity index (χ4n) is 1.97. The Morgan fingerprint density at radius 1 is 1.05 bits per heavy atom. The van der Waals surface area contributed by atoms with Gasteiger partial charge in [-0.25, -0.2) is 0 Å². The van der Waals surface area contributed by atoms with Gasteiger partial charge < -0.3 is 10.1 Å². The van der Waals surface area contributed by atoms with Crippen LogP contribution in [0.5, 0.6) is 11.5 Å². The lowest BCUT2D eigenvalue weighted by Gasteiger charge is -2.13. The van der Waals surface area contributed by atoms with Gasteiger partial charge in [0.25, 0.3) is 0 Å². The Kier molecular flexibility index (Phi) is 4.16. The quantitative estimate of drug-likeness (QED) is 0.835. The Balaban J connectivity index is 1.80. The lowest BCUT2D eigenvalue weighted by atomic mass is 10.2. The Hall–Kier alpha value is -1.22. The van der Waals surface area contributed by atoms with Crippen molar-refractivity contribution in [1.29, 1.82) is 0 Å². The molecule has 1 saturated carbocycles. The van der Waals surface area contributed by atoms with Crippen molar-refractivity contribution in [2.24, 2.45) is 0 Å². The molecule has 20 heavy (non-hydrogen) atoms. The van der Waals surface area contributed by atoms with Gasteiger partial charge in [-0.15, -0.1) is 0 Å². The summed E-state index contributed by atoms with van der Waals surface area (Å²) in [5.74, 6) is 1.44. The van der Waals surface area contributed by atoms with Gasteiger partial charge in [0.2, 0.25) is 0 Å². The van der Waals surface area contributed by atoms with E-state index in [1.165, 1.54) is 12.8 Å². The fourth-order valence-corrected chi connectivity index (χ4v) is 2.33. The molecular formula is C16H15Cl2NO. The highest BCUT2D eigenvalue weighted by Crippen LogP contribution is 2.34. The van der Waals surface area contributed by atoms with Crippen LogP contribution in [0.15, 0.2) is 42.5 Å². The van der Waals surface area contributed by atoms with Crippen LogP contribution in [-0.2, 0) is 6.54 Å². The summed E-state index contributed by atoms with van der Waals surface area (Å²) >= 11 is 12.1. The molecule has 0 heterocycles. The third-order valence-electron chi connectivity index (χ3n) is 3.24. The lowest BCUT2D eigenvalue weighted by Crippen LogP contribution is -2.15. The van der Waals surface area contributed by atoms with E-state index >= 15 is 0 Å². The molecule has 1 fully saturated rings. The highest BCUT2D eigenvalue weighted by atomic mass is 35.5. The van der Waals surface area contributed by atoms with Gasteiger partial charge >= 0.3 is 0 Å². The predicted molar refractivity (Wildman–Crippen MR) is 82.8 cm³/mol. The smallest absolute Gasteiger partial charge is 0.150 e. The normalized spacial score (nSPS) is 14.3. The molecule has 0 saturated heterocycles. The van der Waals surface area contributed by atoms with Crippen molar-refractivity contribution in [1.82, 2.24) is 5.32 Å². The van der Waals surface area contributed by atoms with Gasteiger partial charge in [0.1, 0.15) is 11.5 Å². The number of hydrogen-bond donors (Lipinski definition) is 1. The third-order valence-corrected chi connectivity index (χ3v) is 3.79. The number of hydrogen-bond acceptors (Lipinski definition) is 2. The SMILES string of the molecule is Clc1ccc(Oc2c(Cl)cccc2CNC2CC2)cc1. The molecular weight excluding hydrogens is 293 g/mol. The van der Waals surface area contributed by atoms with Crippen LogP contribution < -0.4 is 10.1 Å². The first kappa shape index (κ1) is 13.7. The Morgan fingerprint density at radius 3 is 2.50 bits per heavy atom. The van der Waals surface area contributed by atoms with Gasteiger partial charge in [-0.3, -0.25) is 0 Å². The lowest BCUT2D eigenvalue weighted by molar-refractivity contribution is 0.473. The average molecular weight is 308 g/mol. The van der Waals surface area contributed by atoms with E-state index < -0.39 is 0 Å². The first-order valence-corrected chi connectivity index (χ1v) is 7.42. The number of benzene rings is 2. The minimum absolute atomic E-state index is 0.620. The average Bonchev–Trinajstić information content (AvgIpc) is 3.26. The number of halogens is 2. The number of para-hydroxylation sites is 1. The fraction of sp³-hybridized carbons (Fsp3) is 0.250. The molecule has 0 aromatic heterocycles. The summed E-state index contributed by atoms with van der Waals surface area (Å²) in [6.07, 6.45) is 2.52. The van der Waals surface area contributed by atoms with Crippen molar-refractivity contribution in [2.75, 3.05) is 0 Å². The summed E-state index contributed by atoms with van der Waals surface area (Å²) in [6.45, 7) is 0.772. The van der Waals surface area contributed by atoms with E-state index in [-0.39, 0.29) is 0 Å². The number of nitrogens with one attached hydrogen (secondary N) is 1. The summed E-state index contributed by atoms with van der Waals surface area (Å²) in [5.41, 5.74) is 1.07. The van der Waals surface area contributed by atoms with Crippen LogP contribution in [0, 0.1) is 0 Å². The van der Waals surface area contributed by atoms with Crippen molar-refractivity contribution in [3.63, 3.8) is 0 Å². The largest absolute Gasteiger partial charge is 0.455 e. The highest BCUT2D eigenvalue weighted by Gasteiger charge is 2.21. The summed E-state index contributed by atoms with van der Waals surface area (Å²) in [7, 11) is 0. The van der Waals surface area contributed by atoms with E-state index in [1.807, 2.05) is 30.3 Å². The summed E-state index contributed by atoms with van der Waals surface area (Å²) < 4.78 is 5.92. The Labute approximate surface area is 128 Å². The maximum atomic E-state index is 6.26. The van der Waals surface area contributed by atoms with E-state index in [2.05, 4.69) is 5.32 Å². The van der Waals surface area contributed by atoms with Crippen molar-refractivity contribution < 1.29 is 4.74 Å². The van der Waals surface area contributed by atoms with E-state index in [1.54, 1.807) is 12.1 Å². The minimum atomic E-state index is 0.620. The predicted octanol–water partition coefficient (Wildman–Crippen LogP) is 5.04. The molecule has 1 aliphatic rings. The molecule has 2 aromatic rings. The molecule has 0 radical (unpaired) electrons. The van der Waals surface area contributed by atoms with Crippen LogP contribution >= 0.6 is 23.2 Å². The van der Waals surface area contributed by atoms with Gasteiger partial charge in [-0.1, -0.05) is 35.3 Å². The van der Waals surface area contributed by atoms with Gasteiger partial charge in [-0.05, 0) is 43.2 Å². The molecule has 0 bridgehead atoms. The van der Waals surface area contributed by atoms with Gasteiger partial charge in [0.15, 0.2) is 0 Å². The molecule has 4 heteroatoms. The van der Waals surface area contributed by atoms with Crippen molar-refractivity contribution >= 4 is 23.2 Å². The second-order valence-electron chi connectivity index (χ2n) is 4.94. The van der Waals surface area contributed by atoms with Crippen LogP contribution in [0.25, 0.3) is 0 Å². The first-order valence-electron chi connectivity index (χ1n) is 6.66. The zero-order valence-corrected chi connectivity index (χ0v) is 12.4. The molecule has 104 valence electrons. The molecule has 0 atom stereocenters. The summed E-state index contributed by atoms with van der Waals surface area (Å²) in [4.78, 5) is 0. The van der Waals surface area contributed by atoms with Crippen LogP contribution in [0.3, 0.4) is 0 Å². The van der Waals surface area contributed by atoms with Crippen molar-refractivity contribution in [3.8, 4) is 11.5 Å². The zero-order valence-electron chi connectivity index (χ0n) is 10.9. The van der Waals surface area contributed by atoms with Gasteiger partial charge in [-0.2, -0.15) is 0 Å². The van der Waals surface area contributed by atoms with Crippen molar-refractivity contribution in [2.45, 2.75) is 25.4 Å². The second kappa shape index (κ2) is 6.04. The van der Waals surface area contributed by atoms with Crippen LogP contribution in [0.2, 0.25) is 10.0 Å². The van der Waals surface area contributed by atoms with Gasteiger partial charge in [0.05, 0.1) is 5.02 Å². The van der Waals surface area contributed by atoms with Gasteiger partial charge in [0, 0.05) is 23.2 Å². The Bertz CT molecular complexity index is 594. The highest BCUT2D eigenvalue weighted by molar-refractivity contribution is 6.32. The number of ether oxygens (including phenoxy) is 1. The second-order valence-corrected chi connectivity index (χ2v) is 5.78. The van der Waals surface area contributed by atoms with E-state index in [0.29, 0.717) is 21.8 Å². The van der Waals surface area contributed by atoms with Crippen LogP contribution in [0.1, 0.15) is 18.4 Å². The summed E-state index contributed by atoms with van der Waals surface area (Å²) in [6, 6.07) is 13.7. The van der Waals surface area contributed by atoms with Crippen LogP contribution in [0.4, 0.5) is 0 Å². The molecule has 0 amide bonds. The topological polar surface area (TPSA) is 21.3 Å². The Morgan fingerprint density at radius 2 is 1.80 bits per heavy atom. The molecule has 2 aromatic carbocycles. The number of rotatable bonds is 5. The molecule has 2 nitrogen and oxygen atoms in total. The van der Waals surface area contributed by atoms with Crippen LogP contribution in [-0.4, -0.2) is 6.04 Å². The van der Waals surface area contributed by atoms with E-state index in [4.69, 9.17) is 27.9 Å². The minimum Gasteiger partial charge on any atom is -0.455 e. The van der Waals surface area contributed by atoms with E-state index in [9.17, 15) is 0 Å². The molecule has 3 rings (SSSR count). The monoisotopic (exact) mass is 307 g/mol. The molecule has 1 N–H and O–H groups in total. The first-order chi connectivity index (χ1) is 9.72. The summed E-state index contributed by atoms with van der Waals surface area (Å²) in [5, 5.41) is 4.78. The maximum absolute atomic E-state index is 6.26. The molecule has 0 spiro atoms. The zero-order chi connectivity index (χ0) is 13.9. The molecule has 0 aliphatic heterocycles. The molecule has 0 unspecified atom stereocenters. The van der Waals surface area contributed by atoms with Crippen molar-refractivity contribution in [3.05, 3.63) is 58.1 Å². The van der Waals surface area contributed by atoms with E-state index in [0.717, 1.165) is 17.9 Å². The maximum Gasteiger partial charge on any atom is 0.150 e. The standard InChI is InChI=1S/C16H15Cl2NO/c17-12-4-8-14(9-5-12)20-16-11(2-1-3-15(16)18)10-19-13-6-7-13/h1-5,8-9,13,19H,6-7,10H2. The third kappa shape index (κ3) is 3.45.